The van der Waals surface area contributed by atoms with Gasteiger partial charge in [-0.25, -0.2) is 0 Å². The molecular weight excluding hydrogens is 184 g/mol. The van der Waals surface area contributed by atoms with Gasteiger partial charge in [0, 0.05) is 6.54 Å². The van der Waals surface area contributed by atoms with E-state index >= 15 is 0 Å². The highest BCUT2D eigenvalue weighted by atomic mass is 15.1. The SMILES string of the molecule is CCCC1(CN2CCCC2)CCNCC1. The Labute approximate surface area is 94.4 Å². The van der Waals surface area contributed by atoms with Crippen molar-refractivity contribution >= 4 is 0 Å². The second-order valence-electron chi connectivity index (χ2n) is 5.48. The van der Waals surface area contributed by atoms with Gasteiger partial charge in [0.05, 0.1) is 0 Å². The Morgan fingerprint density at radius 3 is 2.40 bits per heavy atom. The van der Waals surface area contributed by atoms with Crippen LogP contribution in [0.15, 0.2) is 0 Å². The van der Waals surface area contributed by atoms with E-state index in [-0.39, 0.29) is 0 Å². The minimum Gasteiger partial charge on any atom is -0.317 e. The lowest BCUT2D eigenvalue weighted by atomic mass is 9.75. The fraction of sp³-hybridized carbons (Fsp3) is 1.00. The Morgan fingerprint density at radius 2 is 1.80 bits per heavy atom. The summed E-state index contributed by atoms with van der Waals surface area (Å²) in [7, 11) is 0. The molecule has 2 aliphatic rings. The summed E-state index contributed by atoms with van der Waals surface area (Å²) in [4.78, 5) is 2.71. The molecule has 0 bridgehead atoms. The molecule has 2 fully saturated rings. The smallest absolute Gasteiger partial charge is 0.00389 e. The highest BCUT2D eigenvalue weighted by molar-refractivity contribution is 4.88. The van der Waals surface area contributed by atoms with Crippen LogP contribution in [0.3, 0.4) is 0 Å². The molecule has 0 aliphatic carbocycles. The number of piperidine rings is 1. The van der Waals surface area contributed by atoms with Crippen LogP contribution in [0.2, 0.25) is 0 Å². The summed E-state index contributed by atoms with van der Waals surface area (Å²) in [6.07, 6.45) is 8.45. The zero-order valence-electron chi connectivity index (χ0n) is 10.2. The number of nitrogens with zero attached hydrogens (tertiary/aromatic N) is 1. The average Bonchev–Trinajstić information content (AvgIpc) is 2.72. The quantitative estimate of drug-likeness (QED) is 0.765. The molecule has 0 atom stereocenters. The molecule has 0 aromatic carbocycles. The number of hydrogen-bond acceptors (Lipinski definition) is 2. The lowest BCUT2D eigenvalue weighted by Gasteiger charge is -2.40. The van der Waals surface area contributed by atoms with E-state index < -0.39 is 0 Å². The van der Waals surface area contributed by atoms with Crippen molar-refractivity contribution < 1.29 is 0 Å². The Bertz CT molecular complexity index is 173. The van der Waals surface area contributed by atoms with Gasteiger partial charge in [-0.15, -0.1) is 0 Å². The van der Waals surface area contributed by atoms with Gasteiger partial charge in [0.1, 0.15) is 0 Å². The van der Waals surface area contributed by atoms with Gasteiger partial charge < -0.3 is 10.2 Å². The third-order valence-corrected chi connectivity index (χ3v) is 4.20. The van der Waals surface area contributed by atoms with Gasteiger partial charge in [0.25, 0.3) is 0 Å². The molecule has 2 saturated heterocycles. The first-order chi connectivity index (χ1) is 7.35. The lowest BCUT2D eigenvalue weighted by Crippen LogP contribution is -2.44. The van der Waals surface area contributed by atoms with E-state index in [0.29, 0.717) is 5.41 Å². The third-order valence-electron chi connectivity index (χ3n) is 4.20. The highest BCUT2D eigenvalue weighted by Crippen LogP contribution is 2.35. The molecule has 2 heterocycles. The monoisotopic (exact) mass is 210 g/mol. The van der Waals surface area contributed by atoms with Gasteiger partial charge in [0.2, 0.25) is 0 Å². The molecule has 15 heavy (non-hydrogen) atoms. The maximum absolute atomic E-state index is 3.50. The van der Waals surface area contributed by atoms with Crippen molar-refractivity contribution in [3.63, 3.8) is 0 Å². The second-order valence-corrected chi connectivity index (χ2v) is 5.48. The topological polar surface area (TPSA) is 15.3 Å². The van der Waals surface area contributed by atoms with Gasteiger partial charge in [-0.1, -0.05) is 13.3 Å². The van der Waals surface area contributed by atoms with Gasteiger partial charge in [-0.3, -0.25) is 0 Å². The molecule has 2 heteroatoms. The van der Waals surface area contributed by atoms with Gasteiger partial charge >= 0.3 is 0 Å². The average molecular weight is 210 g/mol. The van der Waals surface area contributed by atoms with Crippen LogP contribution < -0.4 is 5.32 Å². The van der Waals surface area contributed by atoms with Gasteiger partial charge in [-0.2, -0.15) is 0 Å². The third kappa shape index (κ3) is 2.94. The van der Waals surface area contributed by atoms with Crippen molar-refractivity contribution in [2.75, 3.05) is 32.7 Å². The van der Waals surface area contributed by atoms with Crippen LogP contribution in [0, 0.1) is 5.41 Å². The maximum atomic E-state index is 3.50. The molecular formula is C13H26N2. The van der Waals surface area contributed by atoms with Crippen molar-refractivity contribution in [1.29, 1.82) is 0 Å². The summed E-state index contributed by atoms with van der Waals surface area (Å²) in [6.45, 7) is 8.93. The van der Waals surface area contributed by atoms with Gasteiger partial charge in [-0.05, 0) is 63.7 Å². The molecule has 0 unspecified atom stereocenters. The molecule has 2 aliphatic heterocycles. The molecule has 0 saturated carbocycles. The summed E-state index contributed by atoms with van der Waals surface area (Å²) < 4.78 is 0. The van der Waals surface area contributed by atoms with Crippen LogP contribution in [0.1, 0.15) is 45.4 Å². The van der Waals surface area contributed by atoms with Crippen LogP contribution in [0.4, 0.5) is 0 Å². The van der Waals surface area contributed by atoms with E-state index in [1.54, 1.807) is 0 Å². The largest absolute Gasteiger partial charge is 0.317 e. The van der Waals surface area contributed by atoms with E-state index in [9.17, 15) is 0 Å². The fourth-order valence-electron chi connectivity index (χ4n) is 3.39. The Kier molecular flexibility index (Phi) is 4.04. The fourth-order valence-corrected chi connectivity index (χ4v) is 3.39. The molecule has 0 spiro atoms. The second kappa shape index (κ2) is 5.31. The van der Waals surface area contributed by atoms with Crippen LogP contribution >= 0.6 is 0 Å². The molecule has 0 radical (unpaired) electrons. The van der Waals surface area contributed by atoms with E-state index in [1.165, 1.54) is 71.2 Å². The number of nitrogens with one attached hydrogen (secondary N) is 1. The zero-order valence-corrected chi connectivity index (χ0v) is 10.2. The highest BCUT2D eigenvalue weighted by Gasteiger charge is 2.33. The molecule has 1 N–H and O–H groups in total. The molecule has 0 amide bonds. The Morgan fingerprint density at radius 1 is 1.13 bits per heavy atom. The summed E-state index contributed by atoms with van der Waals surface area (Å²) >= 11 is 0. The van der Waals surface area contributed by atoms with Crippen molar-refractivity contribution in [3.05, 3.63) is 0 Å². The first-order valence-electron chi connectivity index (χ1n) is 6.78. The van der Waals surface area contributed by atoms with Crippen molar-refractivity contribution in [2.45, 2.75) is 45.4 Å². The van der Waals surface area contributed by atoms with Crippen molar-refractivity contribution in [3.8, 4) is 0 Å². The Hall–Kier alpha value is -0.0800. The summed E-state index contributed by atoms with van der Waals surface area (Å²) in [5.41, 5.74) is 0.657. The summed E-state index contributed by atoms with van der Waals surface area (Å²) in [5, 5.41) is 3.50. The standard InChI is InChI=1S/C13H26N2/c1-2-5-13(6-8-14-9-7-13)12-15-10-3-4-11-15/h14H,2-12H2,1H3. The normalized spacial score (nSPS) is 27.0. The minimum atomic E-state index is 0.657. The van der Waals surface area contributed by atoms with Crippen LogP contribution in [-0.4, -0.2) is 37.6 Å². The predicted molar refractivity (Wildman–Crippen MR) is 65.1 cm³/mol. The zero-order chi connectivity index (χ0) is 10.6. The number of rotatable bonds is 4. The van der Waals surface area contributed by atoms with Crippen LogP contribution in [-0.2, 0) is 0 Å². The van der Waals surface area contributed by atoms with Crippen molar-refractivity contribution in [2.24, 2.45) is 5.41 Å². The Balaban J connectivity index is 1.90. The molecule has 2 rings (SSSR count). The first-order valence-corrected chi connectivity index (χ1v) is 6.78. The van der Waals surface area contributed by atoms with Crippen molar-refractivity contribution in [1.82, 2.24) is 10.2 Å². The van der Waals surface area contributed by atoms with Gasteiger partial charge in [0.15, 0.2) is 0 Å². The number of hydrogen-bond donors (Lipinski definition) is 1. The lowest BCUT2D eigenvalue weighted by molar-refractivity contribution is 0.115. The van der Waals surface area contributed by atoms with E-state index in [1.807, 2.05) is 0 Å². The molecule has 88 valence electrons. The molecule has 0 aromatic rings. The van der Waals surface area contributed by atoms with E-state index in [2.05, 4.69) is 17.1 Å². The molecule has 2 nitrogen and oxygen atoms in total. The summed E-state index contributed by atoms with van der Waals surface area (Å²) in [6, 6.07) is 0. The molecule has 0 aromatic heterocycles. The predicted octanol–water partition coefficient (Wildman–Crippen LogP) is 2.25. The van der Waals surface area contributed by atoms with E-state index in [0.717, 1.165) is 0 Å². The maximum Gasteiger partial charge on any atom is 0.00389 e. The summed E-state index contributed by atoms with van der Waals surface area (Å²) in [5.74, 6) is 0. The minimum absolute atomic E-state index is 0.657. The number of likely N-dealkylation sites (tertiary alicyclic amines) is 1. The first kappa shape index (κ1) is 11.4. The van der Waals surface area contributed by atoms with E-state index in [4.69, 9.17) is 0 Å². The van der Waals surface area contributed by atoms with Crippen LogP contribution in [0.5, 0.6) is 0 Å². The van der Waals surface area contributed by atoms with Crippen LogP contribution in [0.25, 0.3) is 0 Å².